The largest absolute Gasteiger partial charge is 0.395 e. The predicted octanol–water partition coefficient (Wildman–Crippen LogP) is 0.112. The van der Waals surface area contributed by atoms with Gasteiger partial charge in [0, 0.05) is 13.1 Å². The first kappa shape index (κ1) is 11.1. The highest BCUT2D eigenvalue weighted by molar-refractivity contribution is 4.83. The average Bonchev–Trinajstić information content (AvgIpc) is 2.54. The Morgan fingerprint density at radius 2 is 2.36 bits per heavy atom. The van der Waals surface area contributed by atoms with E-state index in [0.717, 1.165) is 25.3 Å². The number of aryl methyl sites for hydroxylation is 1. The molecule has 0 aliphatic rings. The third-order valence-electron chi connectivity index (χ3n) is 2.02. The van der Waals surface area contributed by atoms with Gasteiger partial charge in [0.15, 0.2) is 0 Å². The second kappa shape index (κ2) is 5.72. The smallest absolute Gasteiger partial charge is 0.140 e. The minimum Gasteiger partial charge on any atom is -0.395 e. The van der Waals surface area contributed by atoms with Gasteiger partial charge in [0.2, 0.25) is 0 Å². The van der Waals surface area contributed by atoms with Crippen molar-refractivity contribution in [3.63, 3.8) is 0 Å². The highest BCUT2D eigenvalue weighted by atomic mass is 16.3. The third-order valence-corrected chi connectivity index (χ3v) is 2.02. The van der Waals surface area contributed by atoms with Gasteiger partial charge in [-0.15, -0.1) is 0 Å². The van der Waals surface area contributed by atoms with Crippen LogP contribution < -0.4 is 0 Å². The predicted molar refractivity (Wildman–Crippen MR) is 53.7 cm³/mol. The summed E-state index contributed by atoms with van der Waals surface area (Å²) in [6, 6.07) is 0. The van der Waals surface area contributed by atoms with E-state index >= 15 is 0 Å². The van der Waals surface area contributed by atoms with Crippen LogP contribution in [-0.2, 0) is 13.1 Å². The molecule has 5 nitrogen and oxygen atoms in total. The van der Waals surface area contributed by atoms with E-state index in [2.05, 4.69) is 17.0 Å². The number of rotatable bonds is 6. The Morgan fingerprint density at radius 3 is 3.00 bits per heavy atom. The van der Waals surface area contributed by atoms with Crippen molar-refractivity contribution in [2.75, 3.05) is 20.2 Å². The fourth-order valence-electron chi connectivity index (χ4n) is 1.30. The second-order valence-corrected chi connectivity index (χ2v) is 3.36. The molecule has 1 N–H and O–H groups in total. The summed E-state index contributed by atoms with van der Waals surface area (Å²) in [7, 11) is 1.96. The summed E-state index contributed by atoms with van der Waals surface area (Å²) >= 11 is 0. The Morgan fingerprint density at radius 1 is 1.57 bits per heavy atom. The maximum absolute atomic E-state index is 8.75. The van der Waals surface area contributed by atoms with E-state index in [-0.39, 0.29) is 6.61 Å². The molecule has 0 aliphatic heterocycles. The van der Waals surface area contributed by atoms with Gasteiger partial charge in [-0.1, -0.05) is 6.92 Å². The summed E-state index contributed by atoms with van der Waals surface area (Å²) in [6.07, 6.45) is 2.64. The van der Waals surface area contributed by atoms with Crippen molar-refractivity contribution in [3.05, 3.63) is 12.2 Å². The number of nitrogens with zero attached hydrogens (tertiary/aromatic N) is 4. The second-order valence-electron chi connectivity index (χ2n) is 3.36. The Hall–Kier alpha value is -0.940. The molecule has 1 heterocycles. The first-order chi connectivity index (χ1) is 6.77. The Kier molecular flexibility index (Phi) is 4.55. The van der Waals surface area contributed by atoms with E-state index in [1.54, 1.807) is 6.33 Å². The highest BCUT2D eigenvalue weighted by Crippen LogP contribution is 1.99. The van der Waals surface area contributed by atoms with Crippen LogP contribution in [0.4, 0.5) is 0 Å². The lowest BCUT2D eigenvalue weighted by atomic mass is 10.4. The van der Waals surface area contributed by atoms with Gasteiger partial charge >= 0.3 is 0 Å². The van der Waals surface area contributed by atoms with Crippen molar-refractivity contribution in [2.45, 2.75) is 26.4 Å². The van der Waals surface area contributed by atoms with Crippen LogP contribution >= 0.6 is 0 Å². The molecule has 80 valence electrons. The summed E-state index contributed by atoms with van der Waals surface area (Å²) in [5.74, 6) is 0.961. The Labute approximate surface area is 84.4 Å². The average molecular weight is 198 g/mol. The van der Waals surface area contributed by atoms with Crippen LogP contribution in [0.25, 0.3) is 0 Å². The third kappa shape index (κ3) is 3.08. The van der Waals surface area contributed by atoms with Crippen molar-refractivity contribution in [1.82, 2.24) is 19.7 Å². The Balaban J connectivity index is 2.52. The minimum absolute atomic E-state index is 0.179. The first-order valence-electron chi connectivity index (χ1n) is 4.94. The lowest BCUT2D eigenvalue weighted by Crippen LogP contribution is -2.23. The summed E-state index contributed by atoms with van der Waals surface area (Å²) < 4.78 is 1.91. The standard InChI is InChI=1S/C9H18N4O/c1-3-4-13-9(10-8-11-13)7-12(2)5-6-14/h8,14H,3-7H2,1-2H3. The van der Waals surface area contributed by atoms with Crippen molar-refractivity contribution < 1.29 is 5.11 Å². The van der Waals surface area contributed by atoms with Gasteiger partial charge in [-0.05, 0) is 13.5 Å². The number of hydrogen-bond donors (Lipinski definition) is 1. The van der Waals surface area contributed by atoms with Crippen molar-refractivity contribution in [3.8, 4) is 0 Å². The van der Waals surface area contributed by atoms with Gasteiger partial charge in [-0.3, -0.25) is 4.90 Å². The molecule has 0 saturated heterocycles. The number of aliphatic hydroxyl groups is 1. The molecule has 0 radical (unpaired) electrons. The zero-order chi connectivity index (χ0) is 10.4. The summed E-state index contributed by atoms with van der Waals surface area (Å²) in [5, 5.41) is 12.9. The molecule has 0 unspecified atom stereocenters. The van der Waals surface area contributed by atoms with Crippen LogP contribution in [0.15, 0.2) is 6.33 Å². The molecular weight excluding hydrogens is 180 g/mol. The lowest BCUT2D eigenvalue weighted by Gasteiger charge is -2.14. The summed E-state index contributed by atoms with van der Waals surface area (Å²) in [6.45, 7) is 4.60. The number of aromatic nitrogens is 3. The molecule has 5 heteroatoms. The molecular formula is C9H18N4O. The lowest BCUT2D eigenvalue weighted by molar-refractivity contribution is 0.212. The molecule has 1 aromatic rings. The minimum atomic E-state index is 0.179. The van der Waals surface area contributed by atoms with Crippen LogP contribution in [0.5, 0.6) is 0 Å². The summed E-state index contributed by atoms with van der Waals surface area (Å²) in [5.41, 5.74) is 0. The normalized spacial score (nSPS) is 11.1. The van der Waals surface area contributed by atoms with Crippen molar-refractivity contribution >= 4 is 0 Å². The first-order valence-corrected chi connectivity index (χ1v) is 4.94. The van der Waals surface area contributed by atoms with Gasteiger partial charge in [0.05, 0.1) is 13.2 Å². The van der Waals surface area contributed by atoms with Gasteiger partial charge < -0.3 is 5.11 Å². The molecule has 0 amide bonds. The van der Waals surface area contributed by atoms with E-state index in [9.17, 15) is 0 Å². The molecule has 14 heavy (non-hydrogen) atoms. The number of aliphatic hydroxyl groups excluding tert-OH is 1. The Bertz CT molecular complexity index is 261. The topological polar surface area (TPSA) is 54.2 Å². The molecule has 0 spiro atoms. The maximum atomic E-state index is 8.75. The zero-order valence-electron chi connectivity index (χ0n) is 8.85. The molecule has 0 aliphatic carbocycles. The fourth-order valence-corrected chi connectivity index (χ4v) is 1.30. The van der Waals surface area contributed by atoms with Crippen LogP contribution in [0, 0.1) is 0 Å². The number of hydrogen-bond acceptors (Lipinski definition) is 4. The van der Waals surface area contributed by atoms with Crippen LogP contribution in [0.1, 0.15) is 19.2 Å². The van der Waals surface area contributed by atoms with E-state index < -0.39 is 0 Å². The molecule has 0 saturated carbocycles. The van der Waals surface area contributed by atoms with Crippen LogP contribution in [0.2, 0.25) is 0 Å². The van der Waals surface area contributed by atoms with E-state index in [0.29, 0.717) is 6.54 Å². The maximum Gasteiger partial charge on any atom is 0.140 e. The highest BCUT2D eigenvalue weighted by Gasteiger charge is 2.06. The zero-order valence-corrected chi connectivity index (χ0v) is 8.85. The van der Waals surface area contributed by atoms with Gasteiger partial charge in [0.25, 0.3) is 0 Å². The molecule has 0 atom stereocenters. The SMILES string of the molecule is CCCn1ncnc1CN(C)CCO. The number of likely N-dealkylation sites (N-methyl/N-ethyl adjacent to an activating group) is 1. The van der Waals surface area contributed by atoms with E-state index in [1.807, 2.05) is 16.6 Å². The molecule has 0 aromatic carbocycles. The molecule has 0 fully saturated rings. The van der Waals surface area contributed by atoms with Gasteiger partial charge in [-0.25, -0.2) is 9.67 Å². The molecule has 1 aromatic heterocycles. The monoisotopic (exact) mass is 198 g/mol. The van der Waals surface area contributed by atoms with E-state index in [4.69, 9.17) is 5.11 Å². The van der Waals surface area contributed by atoms with Gasteiger partial charge in [-0.2, -0.15) is 5.10 Å². The van der Waals surface area contributed by atoms with Crippen LogP contribution in [0.3, 0.4) is 0 Å². The molecule has 0 bridgehead atoms. The summed E-state index contributed by atoms with van der Waals surface area (Å²) in [4.78, 5) is 6.21. The van der Waals surface area contributed by atoms with Crippen molar-refractivity contribution in [1.29, 1.82) is 0 Å². The van der Waals surface area contributed by atoms with Crippen LogP contribution in [-0.4, -0.2) is 45.0 Å². The van der Waals surface area contributed by atoms with Gasteiger partial charge in [0.1, 0.15) is 12.2 Å². The van der Waals surface area contributed by atoms with Crippen molar-refractivity contribution in [2.24, 2.45) is 0 Å². The quantitative estimate of drug-likeness (QED) is 0.705. The van der Waals surface area contributed by atoms with E-state index in [1.165, 1.54) is 0 Å². The molecule has 1 rings (SSSR count). The fraction of sp³-hybridized carbons (Fsp3) is 0.778.